The highest BCUT2D eigenvalue weighted by Gasteiger charge is 2.31. The molecule has 0 radical (unpaired) electrons. The smallest absolute Gasteiger partial charge is 0.246 e. The van der Waals surface area contributed by atoms with Gasteiger partial charge in [0.15, 0.2) is 0 Å². The number of nitrogens with zero attached hydrogens (tertiary/aromatic N) is 1. The Balaban J connectivity index is 1.63. The van der Waals surface area contributed by atoms with Crippen molar-refractivity contribution in [2.75, 3.05) is 26.3 Å². The molecule has 22 heavy (non-hydrogen) atoms. The maximum atomic E-state index is 11.8. The lowest BCUT2D eigenvalue weighted by atomic mass is 9.89. The molecule has 1 amide bonds. The molecule has 0 bridgehead atoms. The molecular formula is C17H32N2O3. The van der Waals surface area contributed by atoms with Gasteiger partial charge < -0.3 is 15.2 Å². The second-order valence-electron chi connectivity index (χ2n) is 6.70. The summed E-state index contributed by atoms with van der Waals surface area (Å²) in [6.45, 7) is 4.91. The number of carbonyl (C=O) groups is 1. The van der Waals surface area contributed by atoms with Crippen LogP contribution in [0.15, 0.2) is 0 Å². The van der Waals surface area contributed by atoms with E-state index in [1.807, 2.05) is 0 Å². The summed E-state index contributed by atoms with van der Waals surface area (Å²) in [5, 5.41) is 13.2. The topological polar surface area (TPSA) is 61.8 Å². The van der Waals surface area contributed by atoms with E-state index < -0.39 is 0 Å². The van der Waals surface area contributed by atoms with E-state index in [4.69, 9.17) is 4.74 Å². The van der Waals surface area contributed by atoms with Crippen molar-refractivity contribution in [3.63, 3.8) is 0 Å². The third kappa shape index (κ3) is 5.52. The number of rotatable bonds is 7. The van der Waals surface area contributed by atoms with E-state index >= 15 is 0 Å². The minimum atomic E-state index is -0.160. The third-order valence-electron chi connectivity index (χ3n) is 4.93. The monoisotopic (exact) mass is 312 g/mol. The van der Waals surface area contributed by atoms with E-state index in [9.17, 15) is 9.90 Å². The Hall–Kier alpha value is -0.650. The van der Waals surface area contributed by atoms with E-state index in [1.165, 1.54) is 6.42 Å². The van der Waals surface area contributed by atoms with Gasteiger partial charge in [0, 0.05) is 31.8 Å². The van der Waals surface area contributed by atoms with Gasteiger partial charge >= 0.3 is 0 Å². The Bertz CT molecular complexity index is 330. The van der Waals surface area contributed by atoms with Gasteiger partial charge in [-0.1, -0.05) is 26.2 Å². The van der Waals surface area contributed by atoms with Crippen LogP contribution in [0.5, 0.6) is 0 Å². The number of ether oxygens (including phenoxy) is 1. The van der Waals surface area contributed by atoms with Gasteiger partial charge in [-0.25, -0.2) is 0 Å². The van der Waals surface area contributed by atoms with Crippen molar-refractivity contribution in [3.05, 3.63) is 0 Å². The standard InChI is InChI=1S/C17H32N2O3/c1-2-3-12-22-13-17(21)18-14-8-10-19(11-9-14)15-6-4-5-7-16(15)20/h14-16,20H,2-13H2,1H3,(H,18,21). The number of aliphatic hydroxyl groups excluding tert-OH is 1. The van der Waals surface area contributed by atoms with Crippen LogP contribution in [0.3, 0.4) is 0 Å². The molecule has 5 heteroatoms. The summed E-state index contributed by atoms with van der Waals surface area (Å²) in [6, 6.07) is 0.599. The van der Waals surface area contributed by atoms with Crippen LogP contribution in [0.25, 0.3) is 0 Å². The van der Waals surface area contributed by atoms with Crippen molar-refractivity contribution in [1.29, 1.82) is 0 Å². The van der Waals surface area contributed by atoms with Gasteiger partial charge in [-0.15, -0.1) is 0 Å². The SMILES string of the molecule is CCCCOCC(=O)NC1CCN(C2CCCCC2O)CC1. The molecule has 1 saturated carbocycles. The summed E-state index contributed by atoms with van der Waals surface area (Å²) < 4.78 is 5.35. The zero-order valence-corrected chi connectivity index (χ0v) is 13.9. The Labute approximate surface area is 134 Å². The molecule has 0 aromatic carbocycles. The number of carbonyl (C=O) groups excluding carboxylic acids is 1. The van der Waals surface area contributed by atoms with Gasteiger partial charge in [0.05, 0.1) is 6.10 Å². The molecule has 2 aliphatic rings. The van der Waals surface area contributed by atoms with Gasteiger partial charge in [-0.05, 0) is 32.1 Å². The maximum absolute atomic E-state index is 11.8. The molecule has 2 unspecified atom stereocenters. The number of unbranched alkanes of at least 4 members (excludes halogenated alkanes) is 1. The lowest BCUT2D eigenvalue weighted by molar-refractivity contribution is -0.126. The fourth-order valence-corrected chi connectivity index (χ4v) is 3.57. The van der Waals surface area contributed by atoms with Crippen LogP contribution in [0.1, 0.15) is 58.3 Å². The summed E-state index contributed by atoms with van der Waals surface area (Å²) in [5.74, 6) is 0.00672. The Morgan fingerprint density at radius 1 is 1.23 bits per heavy atom. The summed E-state index contributed by atoms with van der Waals surface area (Å²) in [7, 11) is 0. The lowest BCUT2D eigenvalue weighted by Gasteiger charge is -2.41. The molecule has 1 saturated heterocycles. The Morgan fingerprint density at radius 3 is 2.64 bits per heavy atom. The fourth-order valence-electron chi connectivity index (χ4n) is 3.57. The molecule has 0 spiro atoms. The minimum Gasteiger partial charge on any atom is -0.391 e. The molecule has 1 aliphatic carbocycles. The molecule has 2 atom stereocenters. The van der Waals surface area contributed by atoms with Crippen LogP contribution < -0.4 is 5.32 Å². The van der Waals surface area contributed by atoms with Crippen molar-refractivity contribution < 1.29 is 14.6 Å². The number of aliphatic hydroxyl groups is 1. The van der Waals surface area contributed by atoms with Crippen molar-refractivity contribution in [3.8, 4) is 0 Å². The highest BCUT2D eigenvalue weighted by molar-refractivity contribution is 5.77. The average molecular weight is 312 g/mol. The predicted molar refractivity (Wildman–Crippen MR) is 86.7 cm³/mol. The van der Waals surface area contributed by atoms with Crippen molar-refractivity contribution in [2.24, 2.45) is 0 Å². The molecular weight excluding hydrogens is 280 g/mol. The molecule has 2 fully saturated rings. The summed E-state index contributed by atoms with van der Waals surface area (Å²) in [6.07, 6.45) is 8.33. The number of likely N-dealkylation sites (tertiary alicyclic amines) is 1. The molecule has 5 nitrogen and oxygen atoms in total. The second-order valence-corrected chi connectivity index (χ2v) is 6.70. The first kappa shape index (κ1) is 17.7. The Kier molecular flexibility index (Phi) is 7.63. The third-order valence-corrected chi connectivity index (χ3v) is 4.93. The minimum absolute atomic E-state index is 0.00672. The second kappa shape index (κ2) is 9.48. The quantitative estimate of drug-likeness (QED) is 0.702. The van der Waals surface area contributed by atoms with E-state index in [1.54, 1.807) is 0 Å². The molecule has 2 rings (SSSR count). The number of piperidine rings is 1. The van der Waals surface area contributed by atoms with Crippen LogP contribution in [0, 0.1) is 0 Å². The highest BCUT2D eigenvalue weighted by Crippen LogP contribution is 2.25. The van der Waals surface area contributed by atoms with Crippen molar-refractivity contribution >= 4 is 5.91 Å². The van der Waals surface area contributed by atoms with E-state index in [-0.39, 0.29) is 24.7 Å². The number of amides is 1. The lowest BCUT2D eigenvalue weighted by Crippen LogP contribution is -2.52. The summed E-state index contributed by atoms with van der Waals surface area (Å²) >= 11 is 0. The molecule has 128 valence electrons. The van der Waals surface area contributed by atoms with E-state index in [0.29, 0.717) is 12.6 Å². The first-order chi connectivity index (χ1) is 10.7. The van der Waals surface area contributed by atoms with Crippen LogP contribution in [0.2, 0.25) is 0 Å². The predicted octanol–water partition coefficient (Wildman–Crippen LogP) is 1.69. The van der Waals surface area contributed by atoms with Crippen LogP contribution in [-0.2, 0) is 9.53 Å². The molecule has 1 aliphatic heterocycles. The zero-order valence-electron chi connectivity index (χ0n) is 13.9. The number of hydrogen-bond acceptors (Lipinski definition) is 4. The zero-order chi connectivity index (χ0) is 15.8. The van der Waals surface area contributed by atoms with Gasteiger partial charge in [-0.2, -0.15) is 0 Å². The first-order valence-corrected chi connectivity index (χ1v) is 9.00. The van der Waals surface area contributed by atoms with Gasteiger partial charge in [0.2, 0.25) is 5.91 Å². The van der Waals surface area contributed by atoms with E-state index in [0.717, 1.165) is 58.0 Å². The van der Waals surface area contributed by atoms with Gasteiger partial charge in [0.1, 0.15) is 6.61 Å². The van der Waals surface area contributed by atoms with Crippen LogP contribution >= 0.6 is 0 Å². The number of hydrogen-bond donors (Lipinski definition) is 2. The first-order valence-electron chi connectivity index (χ1n) is 9.00. The Morgan fingerprint density at radius 2 is 1.95 bits per heavy atom. The summed E-state index contributed by atoms with van der Waals surface area (Å²) in [5.41, 5.74) is 0. The molecule has 1 heterocycles. The van der Waals surface area contributed by atoms with Gasteiger partial charge in [-0.3, -0.25) is 9.69 Å². The molecule has 0 aromatic heterocycles. The van der Waals surface area contributed by atoms with Crippen molar-refractivity contribution in [2.45, 2.75) is 76.5 Å². The van der Waals surface area contributed by atoms with Crippen molar-refractivity contribution in [1.82, 2.24) is 10.2 Å². The van der Waals surface area contributed by atoms with E-state index in [2.05, 4.69) is 17.1 Å². The average Bonchev–Trinajstić information content (AvgIpc) is 2.53. The maximum Gasteiger partial charge on any atom is 0.246 e. The normalized spacial score (nSPS) is 27.7. The van der Waals surface area contributed by atoms with Crippen LogP contribution in [0.4, 0.5) is 0 Å². The molecule has 2 N–H and O–H groups in total. The van der Waals surface area contributed by atoms with Crippen LogP contribution in [-0.4, -0.2) is 60.4 Å². The fraction of sp³-hybridized carbons (Fsp3) is 0.941. The number of nitrogens with one attached hydrogen (secondary N) is 1. The largest absolute Gasteiger partial charge is 0.391 e. The molecule has 0 aromatic rings. The highest BCUT2D eigenvalue weighted by atomic mass is 16.5. The summed E-state index contributed by atoms with van der Waals surface area (Å²) in [4.78, 5) is 14.2. The van der Waals surface area contributed by atoms with Gasteiger partial charge in [0.25, 0.3) is 0 Å².